The van der Waals surface area contributed by atoms with Crippen LogP contribution in [0, 0.1) is 0 Å². The van der Waals surface area contributed by atoms with E-state index >= 15 is 0 Å². The Hall–Kier alpha value is -0.160. The van der Waals surface area contributed by atoms with Gasteiger partial charge in [0.2, 0.25) is 0 Å². The van der Waals surface area contributed by atoms with Crippen LogP contribution in [0.2, 0.25) is 0 Å². The van der Waals surface area contributed by atoms with Gasteiger partial charge in [-0.1, -0.05) is 6.92 Å². The maximum Gasteiger partial charge on any atom is 0.198 e. The first kappa shape index (κ1) is 13.8. The maximum absolute atomic E-state index is 5.44. The second-order valence-corrected chi connectivity index (χ2v) is 3.38. The Kier molecular flexibility index (Phi) is 5.59. The average Bonchev–Trinajstić information content (AvgIpc) is 2.21. The third-order valence-electron chi connectivity index (χ3n) is 2.80. The van der Waals surface area contributed by atoms with Crippen LogP contribution in [0.4, 0.5) is 0 Å². The summed E-state index contributed by atoms with van der Waals surface area (Å²) in [6.07, 6.45) is 0.688. The Balaban J connectivity index is 4.90. The van der Waals surface area contributed by atoms with E-state index in [4.69, 9.17) is 18.9 Å². The molecule has 0 aromatic carbocycles. The molecule has 0 saturated carbocycles. The molecule has 0 aliphatic heterocycles. The highest BCUT2D eigenvalue weighted by Crippen LogP contribution is 2.33. The van der Waals surface area contributed by atoms with E-state index in [9.17, 15) is 0 Å². The third kappa shape index (κ3) is 2.25. The number of hydrogen-bond acceptors (Lipinski definition) is 4. The van der Waals surface area contributed by atoms with Crippen LogP contribution in [-0.2, 0) is 18.9 Å². The molecule has 0 saturated heterocycles. The minimum atomic E-state index is -0.766. The predicted molar refractivity (Wildman–Crippen MR) is 54.3 cm³/mol. The van der Waals surface area contributed by atoms with Gasteiger partial charge in [0.25, 0.3) is 0 Å². The molecular formula is C10H22O4. The van der Waals surface area contributed by atoms with Crippen molar-refractivity contribution in [2.24, 2.45) is 0 Å². The first-order chi connectivity index (χ1) is 6.55. The molecule has 0 aliphatic rings. The average molecular weight is 206 g/mol. The number of hydrogen-bond donors (Lipinski definition) is 0. The summed E-state index contributed by atoms with van der Waals surface area (Å²) < 4.78 is 21.4. The topological polar surface area (TPSA) is 36.9 Å². The highest BCUT2D eigenvalue weighted by molar-refractivity contribution is 4.91. The minimum Gasteiger partial charge on any atom is -0.381 e. The molecule has 0 heterocycles. The normalized spacial score (nSPS) is 16.7. The zero-order valence-electron chi connectivity index (χ0n) is 10.0. The number of methoxy groups -OCH3 is 4. The van der Waals surface area contributed by atoms with Gasteiger partial charge in [-0.25, -0.2) is 0 Å². The molecular weight excluding hydrogens is 184 g/mol. The smallest absolute Gasteiger partial charge is 0.198 e. The predicted octanol–water partition coefficient (Wildman–Crippen LogP) is 1.44. The molecule has 0 N–H and O–H groups in total. The van der Waals surface area contributed by atoms with Gasteiger partial charge < -0.3 is 18.9 Å². The fourth-order valence-corrected chi connectivity index (χ4v) is 1.78. The van der Waals surface area contributed by atoms with Crippen molar-refractivity contribution in [1.82, 2.24) is 0 Å². The molecule has 0 radical (unpaired) electrons. The molecule has 0 bridgehead atoms. The summed E-state index contributed by atoms with van der Waals surface area (Å²) in [5, 5.41) is 0. The van der Waals surface area contributed by atoms with E-state index < -0.39 is 11.4 Å². The molecule has 0 aromatic rings. The van der Waals surface area contributed by atoms with Crippen molar-refractivity contribution < 1.29 is 18.9 Å². The molecule has 0 fully saturated rings. The summed E-state index contributed by atoms with van der Waals surface area (Å²) in [5.74, 6) is -0.766. The Bertz CT molecular complexity index is 148. The molecule has 14 heavy (non-hydrogen) atoms. The van der Waals surface area contributed by atoms with Crippen LogP contribution in [0.1, 0.15) is 20.3 Å². The summed E-state index contributed by atoms with van der Waals surface area (Å²) in [6, 6.07) is 0. The van der Waals surface area contributed by atoms with E-state index in [1.54, 1.807) is 28.4 Å². The zero-order valence-corrected chi connectivity index (χ0v) is 10.0. The van der Waals surface area contributed by atoms with Gasteiger partial charge in [0.05, 0.1) is 6.61 Å². The van der Waals surface area contributed by atoms with E-state index in [2.05, 4.69) is 0 Å². The maximum atomic E-state index is 5.44. The van der Waals surface area contributed by atoms with Crippen molar-refractivity contribution in [2.45, 2.75) is 31.7 Å². The van der Waals surface area contributed by atoms with Gasteiger partial charge in [0.1, 0.15) is 5.60 Å². The summed E-state index contributed by atoms with van der Waals surface area (Å²) in [7, 11) is 6.48. The summed E-state index contributed by atoms with van der Waals surface area (Å²) in [4.78, 5) is 0. The van der Waals surface area contributed by atoms with Crippen LogP contribution < -0.4 is 0 Å². The van der Waals surface area contributed by atoms with Gasteiger partial charge in [0, 0.05) is 34.9 Å². The van der Waals surface area contributed by atoms with Crippen LogP contribution in [0.15, 0.2) is 0 Å². The van der Waals surface area contributed by atoms with Crippen molar-refractivity contribution in [3.8, 4) is 0 Å². The first-order valence-electron chi connectivity index (χ1n) is 4.70. The van der Waals surface area contributed by atoms with E-state index in [-0.39, 0.29) is 0 Å². The van der Waals surface area contributed by atoms with Crippen LogP contribution in [-0.4, -0.2) is 46.4 Å². The Labute approximate surface area is 86.5 Å². The molecule has 0 spiro atoms. The summed E-state index contributed by atoms with van der Waals surface area (Å²) in [5.41, 5.74) is -0.611. The molecule has 0 amide bonds. The second kappa shape index (κ2) is 5.66. The van der Waals surface area contributed by atoms with Crippen molar-refractivity contribution >= 4 is 0 Å². The molecule has 1 atom stereocenters. The monoisotopic (exact) mass is 206 g/mol. The van der Waals surface area contributed by atoms with Crippen molar-refractivity contribution in [1.29, 1.82) is 0 Å². The second-order valence-electron chi connectivity index (χ2n) is 3.38. The fraction of sp³-hybridized carbons (Fsp3) is 1.00. The van der Waals surface area contributed by atoms with E-state index in [0.717, 1.165) is 0 Å². The van der Waals surface area contributed by atoms with Gasteiger partial charge in [-0.3, -0.25) is 0 Å². The standard InChI is InChI=1S/C10H22O4/c1-7-10(13-5,14-6)9(2,12-4)8-11-3/h7-8H2,1-6H3. The van der Waals surface area contributed by atoms with E-state index in [1.165, 1.54) is 0 Å². The number of ether oxygens (including phenoxy) is 4. The highest BCUT2D eigenvalue weighted by atomic mass is 16.7. The van der Waals surface area contributed by atoms with Crippen molar-refractivity contribution in [2.75, 3.05) is 35.0 Å². The zero-order chi connectivity index (χ0) is 11.2. The van der Waals surface area contributed by atoms with Crippen LogP contribution >= 0.6 is 0 Å². The lowest BCUT2D eigenvalue weighted by atomic mass is 9.93. The van der Waals surface area contributed by atoms with Gasteiger partial charge in [-0.2, -0.15) is 0 Å². The Morgan fingerprint density at radius 1 is 0.929 bits per heavy atom. The fourth-order valence-electron chi connectivity index (χ4n) is 1.78. The summed E-state index contributed by atoms with van der Waals surface area (Å²) >= 11 is 0. The Morgan fingerprint density at radius 3 is 1.64 bits per heavy atom. The first-order valence-corrected chi connectivity index (χ1v) is 4.70. The van der Waals surface area contributed by atoms with Crippen molar-refractivity contribution in [3.63, 3.8) is 0 Å². The largest absolute Gasteiger partial charge is 0.381 e. The molecule has 0 rings (SSSR count). The highest BCUT2D eigenvalue weighted by Gasteiger charge is 2.49. The quantitative estimate of drug-likeness (QED) is 0.591. The molecule has 4 heteroatoms. The van der Waals surface area contributed by atoms with E-state index in [0.29, 0.717) is 13.0 Å². The Morgan fingerprint density at radius 2 is 1.43 bits per heavy atom. The van der Waals surface area contributed by atoms with Gasteiger partial charge >= 0.3 is 0 Å². The van der Waals surface area contributed by atoms with Gasteiger partial charge in [-0.15, -0.1) is 0 Å². The van der Waals surface area contributed by atoms with E-state index in [1.807, 2.05) is 13.8 Å². The van der Waals surface area contributed by atoms with Gasteiger partial charge in [0.15, 0.2) is 5.79 Å². The minimum absolute atomic E-state index is 0.416. The van der Waals surface area contributed by atoms with Crippen LogP contribution in [0.3, 0.4) is 0 Å². The SMILES string of the molecule is CCC(OC)(OC)C(C)(COC)OC. The van der Waals surface area contributed by atoms with Crippen LogP contribution in [0.25, 0.3) is 0 Å². The lowest BCUT2D eigenvalue weighted by molar-refractivity contribution is -0.313. The molecule has 0 aliphatic carbocycles. The molecule has 4 nitrogen and oxygen atoms in total. The lowest BCUT2D eigenvalue weighted by Gasteiger charge is -2.44. The van der Waals surface area contributed by atoms with Gasteiger partial charge in [-0.05, 0) is 6.92 Å². The lowest BCUT2D eigenvalue weighted by Crippen LogP contribution is -2.58. The van der Waals surface area contributed by atoms with Crippen molar-refractivity contribution in [3.05, 3.63) is 0 Å². The number of rotatable bonds is 7. The van der Waals surface area contributed by atoms with Crippen LogP contribution in [0.5, 0.6) is 0 Å². The third-order valence-corrected chi connectivity index (χ3v) is 2.80. The summed E-state index contributed by atoms with van der Waals surface area (Å²) in [6.45, 7) is 4.31. The molecule has 0 aromatic heterocycles. The molecule has 86 valence electrons. The molecule has 1 unspecified atom stereocenters.